The number of piperazine rings is 1. The van der Waals surface area contributed by atoms with Gasteiger partial charge in [0, 0.05) is 51.1 Å². The maximum absolute atomic E-state index is 13.1. The lowest BCUT2D eigenvalue weighted by Gasteiger charge is -2.35. The lowest BCUT2D eigenvalue weighted by Crippen LogP contribution is -2.50. The summed E-state index contributed by atoms with van der Waals surface area (Å²) in [4.78, 5) is 36.1. The number of halogens is 3. The van der Waals surface area contributed by atoms with Crippen LogP contribution in [0.2, 0.25) is 0 Å². The lowest BCUT2D eigenvalue weighted by molar-refractivity contribution is -0.141. The van der Waals surface area contributed by atoms with E-state index < -0.39 is 17.9 Å². The first kappa shape index (κ1) is 24.9. The van der Waals surface area contributed by atoms with Crippen LogP contribution in [0.25, 0.3) is 0 Å². The first-order valence-electron chi connectivity index (χ1n) is 11.1. The summed E-state index contributed by atoms with van der Waals surface area (Å²) in [5.41, 5.74) is 5.13. The zero-order valence-electron chi connectivity index (χ0n) is 19.4. The molecule has 190 valence electrons. The molecule has 0 bridgehead atoms. The number of urea groups is 1. The third-order valence-corrected chi connectivity index (χ3v) is 5.34. The number of carbonyl (C=O) groups is 1. The number of rotatable bonds is 6. The van der Waals surface area contributed by atoms with Crippen LogP contribution in [-0.2, 0) is 19.2 Å². The normalized spacial score (nSPS) is 14.0. The summed E-state index contributed by atoms with van der Waals surface area (Å²) >= 11 is 0. The van der Waals surface area contributed by atoms with Crippen molar-refractivity contribution in [2.75, 3.05) is 42.1 Å². The number of hydrogen-bond acceptors (Lipinski definition) is 9. The molecule has 0 unspecified atom stereocenters. The van der Waals surface area contributed by atoms with Gasteiger partial charge in [-0.2, -0.15) is 13.2 Å². The van der Waals surface area contributed by atoms with Crippen molar-refractivity contribution in [1.82, 2.24) is 29.8 Å². The molecule has 1 aliphatic heterocycles. The number of pyridine rings is 1. The molecule has 1 fully saturated rings. The summed E-state index contributed by atoms with van der Waals surface area (Å²) < 4.78 is 45.3. The van der Waals surface area contributed by atoms with E-state index in [1.807, 2.05) is 4.90 Å². The van der Waals surface area contributed by atoms with Gasteiger partial charge in [-0.05, 0) is 18.2 Å². The molecule has 36 heavy (non-hydrogen) atoms. The van der Waals surface area contributed by atoms with Crippen LogP contribution in [0.4, 0.5) is 35.5 Å². The molecule has 0 aliphatic carbocycles. The molecule has 1 aliphatic rings. The molecule has 0 aromatic carbocycles. The molecule has 0 radical (unpaired) electrons. The standard InChI is InChI=1S/C22H24F3N9O2/c1-2-17-30-16(22(23,24)25)12-18(31-17)32-21(35)34-10-8-33(9-11-34)19-15(4-3-6-27-19)36-13-14-5-7-28-20(26)29-14/h3-7,12H,2,8-11,13H2,1H3,(H2,26,28,29)(H,30,31,32,35). The molecular weight excluding hydrogens is 479 g/mol. The van der Waals surface area contributed by atoms with E-state index in [1.165, 1.54) is 4.90 Å². The molecule has 1 saturated heterocycles. The van der Waals surface area contributed by atoms with Crippen LogP contribution in [0, 0.1) is 0 Å². The Bertz CT molecular complexity index is 1220. The number of alkyl halides is 3. The lowest BCUT2D eigenvalue weighted by atomic mass is 10.3. The fraction of sp³-hybridized carbons (Fsp3) is 0.364. The quantitative estimate of drug-likeness (QED) is 0.520. The number of nitrogens with two attached hydrogens (primary N) is 1. The molecule has 0 spiro atoms. The minimum absolute atomic E-state index is 0.00252. The van der Waals surface area contributed by atoms with E-state index in [9.17, 15) is 18.0 Å². The van der Waals surface area contributed by atoms with Crippen molar-refractivity contribution in [2.45, 2.75) is 26.1 Å². The highest BCUT2D eigenvalue weighted by molar-refractivity contribution is 5.88. The predicted octanol–water partition coefficient (Wildman–Crippen LogP) is 2.76. The van der Waals surface area contributed by atoms with Crippen LogP contribution in [-0.4, -0.2) is 62.0 Å². The molecule has 4 heterocycles. The highest BCUT2D eigenvalue weighted by atomic mass is 19.4. The van der Waals surface area contributed by atoms with Crippen LogP contribution < -0.4 is 20.7 Å². The molecule has 0 saturated carbocycles. The highest BCUT2D eigenvalue weighted by Crippen LogP contribution is 2.29. The maximum Gasteiger partial charge on any atom is 0.433 e. The molecule has 4 rings (SSSR count). The maximum atomic E-state index is 13.1. The number of aryl methyl sites for hydroxylation is 1. The summed E-state index contributed by atoms with van der Waals surface area (Å²) in [5, 5.41) is 2.46. The van der Waals surface area contributed by atoms with Crippen molar-refractivity contribution in [1.29, 1.82) is 0 Å². The van der Waals surface area contributed by atoms with Gasteiger partial charge in [0.15, 0.2) is 11.6 Å². The summed E-state index contributed by atoms with van der Waals surface area (Å²) in [6.45, 7) is 3.34. The Morgan fingerprint density at radius 1 is 1.11 bits per heavy atom. The number of ether oxygens (including phenoxy) is 1. The minimum Gasteiger partial charge on any atom is -0.483 e. The molecule has 3 aromatic heterocycles. The van der Waals surface area contributed by atoms with Gasteiger partial charge in [0.05, 0.1) is 5.69 Å². The van der Waals surface area contributed by atoms with Gasteiger partial charge in [0.2, 0.25) is 5.95 Å². The van der Waals surface area contributed by atoms with Gasteiger partial charge in [-0.3, -0.25) is 5.32 Å². The largest absolute Gasteiger partial charge is 0.483 e. The topological polar surface area (TPSA) is 135 Å². The molecule has 2 amide bonds. The van der Waals surface area contributed by atoms with E-state index in [4.69, 9.17) is 10.5 Å². The molecular formula is C22H24F3N9O2. The van der Waals surface area contributed by atoms with E-state index in [1.54, 1.807) is 37.5 Å². The summed E-state index contributed by atoms with van der Waals surface area (Å²) in [5.74, 6) is 1.11. The van der Waals surface area contributed by atoms with E-state index in [0.717, 1.165) is 6.07 Å². The average Bonchev–Trinajstić information content (AvgIpc) is 2.87. The Morgan fingerprint density at radius 2 is 1.89 bits per heavy atom. The minimum atomic E-state index is -4.64. The van der Waals surface area contributed by atoms with Gasteiger partial charge < -0.3 is 20.3 Å². The van der Waals surface area contributed by atoms with Crippen LogP contribution in [0.3, 0.4) is 0 Å². The van der Waals surface area contributed by atoms with Gasteiger partial charge in [0.1, 0.15) is 23.9 Å². The zero-order valence-corrected chi connectivity index (χ0v) is 19.4. The fourth-order valence-corrected chi connectivity index (χ4v) is 3.55. The summed E-state index contributed by atoms with van der Waals surface area (Å²) in [7, 11) is 0. The third kappa shape index (κ3) is 6.06. The van der Waals surface area contributed by atoms with Gasteiger partial charge in [-0.15, -0.1) is 0 Å². The van der Waals surface area contributed by atoms with E-state index in [-0.39, 0.29) is 30.6 Å². The van der Waals surface area contributed by atoms with Gasteiger partial charge in [0.25, 0.3) is 0 Å². The first-order valence-corrected chi connectivity index (χ1v) is 11.1. The number of aromatic nitrogens is 5. The average molecular weight is 503 g/mol. The number of carbonyl (C=O) groups excluding carboxylic acids is 1. The van der Waals surface area contributed by atoms with E-state index in [2.05, 4.69) is 30.2 Å². The Morgan fingerprint density at radius 3 is 2.58 bits per heavy atom. The molecule has 3 N–H and O–H groups in total. The van der Waals surface area contributed by atoms with Crippen LogP contribution in [0.5, 0.6) is 5.75 Å². The van der Waals surface area contributed by atoms with Crippen molar-refractivity contribution in [3.05, 3.63) is 53.9 Å². The van der Waals surface area contributed by atoms with Crippen molar-refractivity contribution in [3.63, 3.8) is 0 Å². The first-order chi connectivity index (χ1) is 17.2. The Hall–Kier alpha value is -4.23. The van der Waals surface area contributed by atoms with Crippen molar-refractivity contribution in [2.24, 2.45) is 0 Å². The van der Waals surface area contributed by atoms with Crippen LogP contribution in [0.1, 0.15) is 24.1 Å². The summed E-state index contributed by atoms with van der Waals surface area (Å²) in [6, 6.07) is 5.42. The Labute approximate surface area is 204 Å². The predicted molar refractivity (Wildman–Crippen MR) is 124 cm³/mol. The fourth-order valence-electron chi connectivity index (χ4n) is 3.55. The number of nitrogen functional groups attached to an aromatic ring is 1. The number of amides is 2. The van der Waals surface area contributed by atoms with Crippen molar-refractivity contribution in [3.8, 4) is 5.75 Å². The monoisotopic (exact) mass is 503 g/mol. The third-order valence-electron chi connectivity index (χ3n) is 5.34. The second-order valence-corrected chi connectivity index (χ2v) is 7.83. The summed E-state index contributed by atoms with van der Waals surface area (Å²) in [6.07, 6.45) is -1.25. The molecule has 14 heteroatoms. The van der Waals surface area contributed by atoms with Crippen molar-refractivity contribution < 1.29 is 22.7 Å². The van der Waals surface area contributed by atoms with Gasteiger partial charge in [-0.25, -0.2) is 29.7 Å². The Kier molecular flexibility index (Phi) is 7.31. The zero-order chi connectivity index (χ0) is 25.7. The molecule has 3 aromatic rings. The van der Waals surface area contributed by atoms with Crippen LogP contribution in [0.15, 0.2) is 36.7 Å². The number of anilines is 3. The molecule has 11 nitrogen and oxygen atoms in total. The smallest absolute Gasteiger partial charge is 0.433 e. The second kappa shape index (κ2) is 10.6. The second-order valence-electron chi connectivity index (χ2n) is 7.83. The van der Waals surface area contributed by atoms with E-state index in [0.29, 0.717) is 43.4 Å². The van der Waals surface area contributed by atoms with Crippen LogP contribution >= 0.6 is 0 Å². The number of hydrogen-bond donors (Lipinski definition) is 2. The van der Waals surface area contributed by atoms with E-state index >= 15 is 0 Å². The Balaban J connectivity index is 1.38. The van der Waals surface area contributed by atoms with Gasteiger partial charge in [-0.1, -0.05) is 6.92 Å². The highest BCUT2D eigenvalue weighted by Gasteiger charge is 2.34. The van der Waals surface area contributed by atoms with Crippen molar-refractivity contribution >= 4 is 23.6 Å². The molecule has 0 atom stereocenters. The number of nitrogens with one attached hydrogen (secondary N) is 1. The van der Waals surface area contributed by atoms with Gasteiger partial charge >= 0.3 is 12.2 Å². The number of nitrogens with zero attached hydrogens (tertiary/aromatic N) is 7. The SMILES string of the molecule is CCc1nc(NC(=O)N2CCN(c3ncccc3OCc3ccnc(N)n3)CC2)cc(C(F)(F)F)n1.